The van der Waals surface area contributed by atoms with Gasteiger partial charge in [0.2, 0.25) is 11.8 Å². The summed E-state index contributed by atoms with van der Waals surface area (Å²) in [7, 11) is 2.39. The lowest BCUT2D eigenvalue weighted by atomic mass is 9.85. The summed E-state index contributed by atoms with van der Waals surface area (Å²) < 4.78 is 9.41. The van der Waals surface area contributed by atoms with Crippen molar-refractivity contribution in [1.82, 2.24) is 15.5 Å². The minimum Gasteiger partial charge on any atom is -0.465 e. The molecule has 1 aliphatic carbocycles. The molecule has 11 heteroatoms. The fraction of sp³-hybridized carbons (Fsp3) is 0.522. The number of benzene rings is 1. The summed E-state index contributed by atoms with van der Waals surface area (Å²) in [6.07, 6.45) is 3.13. The molecule has 1 aliphatic heterocycles. The molecule has 2 aliphatic rings. The molecule has 4 amide bonds. The molecule has 1 saturated heterocycles. The Hall–Kier alpha value is -3.63. The molecule has 0 bridgehead atoms. The number of fused-ring (bicyclic) bond motifs is 1. The molecule has 3 N–H and O–H groups in total. The number of amides is 4. The van der Waals surface area contributed by atoms with Crippen LogP contribution in [0.3, 0.4) is 0 Å². The van der Waals surface area contributed by atoms with Gasteiger partial charge in [-0.2, -0.15) is 0 Å². The average molecular weight is 475 g/mol. The van der Waals surface area contributed by atoms with Crippen molar-refractivity contribution in [3.8, 4) is 0 Å². The summed E-state index contributed by atoms with van der Waals surface area (Å²) in [6, 6.07) is 2.31. The summed E-state index contributed by atoms with van der Waals surface area (Å²) >= 11 is 0. The highest BCUT2D eigenvalue weighted by molar-refractivity contribution is 6.01. The van der Waals surface area contributed by atoms with Gasteiger partial charge >= 0.3 is 18.0 Å². The van der Waals surface area contributed by atoms with Crippen LogP contribution in [0.25, 0.3) is 0 Å². The molecule has 0 radical (unpaired) electrons. The second-order valence-electron chi connectivity index (χ2n) is 8.26. The van der Waals surface area contributed by atoms with Crippen LogP contribution in [0.15, 0.2) is 18.2 Å². The Labute approximate surface area is 197 Å². The molecule has 1 aromatic rings. The summed E-state index contributed by atoms with van der Waals surface area (Å²) in [4.78, 5) is 64.2. The number of hydrogen-bond acceptors (Lipinski definition) is 7. The third-order valence-corrected chi connectivity index (χ3v) is 6.05. The van der Waals surface area contributed by atoms with Gasteiger partial charge in [-0.3, -0.25) is 9.59 Å². The van der Waals surface area contributed by atoms with Gasteiger partial charge in [-0.15, -0.1) is 0 Å². The zero-order valence-electron chi connectivity index (χ0n) is 19.5. The van der Waals surface area contributed by atoms with E-state index in [1.165, 1.54) is 37.3 Å². The van der Waals surface area contributed by atoms with Crippen molar-refractivity contribution in [3.63, 3.8) is 0 Å². The van der Waals surface area contributed by atoms with Crippen LogP contribution in [-0.4, -0.2) is 73.6 Å². The molecule has 11 nitrogen and oxygen atoms in total. The monoisotopic (exact) mass is 474 g/mol. The van der Waals surface area contributed by atoms with E-state index in [9.17, 15) is 24.0 Å². The topological polar surface area (TPSA) is 143 Å². The molecule has 3 rings (SSSR count). The first kappa shape index (κ1) is 25.0. The number of esters is 2. The van der Waals surface area contributed by atoms with Crippen LogP contribution in [0.4, 0.5) is 10.5 Å². The quantitative estimate of drug-likeness (QED) is 0.529. The number of nitrogens with zero attached hydrogens (tertiary/aromatic N) is 1. The van der Waals surface area contributed by atoms with E-state index in [1.807, 2.05) is 0 Å². The predicted octanol–water partition coefficient (Wildman–Crippen LogP) is 1.43. The number of rotatable bonds is 6. The van der Waals surface area contributed by atoms with Crippen LogP contribution in [-0.2, 0) is 19.1 Å². The van der Waals surface area contributed by atoms with Gasteiger partial charge < -0.3 is 30.3 Å². The molecule has 1 saturated carbocycles. The lowest BCUT2D eigenvalue weighted by Gasteiger charge is -2.47. The third-order valence-electron chi connectivity index (χ3n) is 6.05. The molecule has 1 aromatic carbocycles. The number of anilines is 1. The van der Waals surface area contributed by atoms with Gasteiger partial charge in [-0.25, -0.2) is 14.4 Å². The molecule has 3 atom stereocenters. The summed E-state index contributed by atoms with van der Waals surface area (Å²) in [6.45, 7) is 2.18. The molecular formula is C23H30N4O7. The van der Waals surface area contributed by atoms with Crippen molar-refractivity contribution in [2.24, 2.45) is 0 Å². The maximum atomic E-state index is 12.9. The number of methoxy groups -OCH3 is 2. The van der Waals surface area contributed by atoms with Crippen LogP contribution in [0, 0.1) is 0 Å². The predicted molar refractivity (Wildman–Crippen MR) is 121 cm³/mol. The van der Waals surface area contributed by atoms with Gasteiger partial charge in [0.15, 0.2) is 0 Å². The SMILES string of the molecule is CCNC(=O)N1[C@H](CC(=O)Nc2cc(C(=O)OC)cc(C(=O)OC)c2)C(=O)N[C@H]2CCCC[C@@H]21. The number of carbonyl (C=O) groups is 5. The van der Waals surface area contributed by atoms with Crippen molar-refractivity contribution < 1.29 is 33.4 Å². The molecule has 0 aromatic heterocycles. The van der Waals surface area contributed by atoms with Gasteiger partial charge in [0, 0.05) is 18.3 Å². The molecular weight excluding hydrogens is 444 g/mol. The largest absolute Gasteiger partial charge is 0.465 e. The molecule has 0 spiro atoms. The fourth-order valence-corrected chi connectivity index (χ4v) is 4.53. The molecule has 0 unspecified atom stereocenters. The van der Waals surface area contributed by atoms with Crippen molar-refractivity contribution in [3.05, 3.63) is 29.3 Å². The van der Waals surface area contributed by atoms with Gasteiger partial charge in [0.1, 0.15) is 6.04 Å². The maximum absolute atomic E-state index is 12.9. The van der Waals surface area contributed by atoms with E-state index in [2.05, 4.69) is 16.0 Å². The Morgan fingerprint density at radius 3 is 2.24 bits per heavy atom. The van der Waals surface area contributed by atoms with E-state index < -0.39 is 23.9 Å². The first-order chi connectivity index (χ1) is 16.3. The van der Waals surface area contributed by atoms with Crippen LogP contribution in [0.1, 0.15) is 59.7 Å². The number of urea groups is 1. The van der Waals surface area contributed by atoms with Crippen molar-refractivity contribution in [2.75, 3.05) is 26.1 Å². The highest BCUT2D eigenvalue weighted by atomic mass is 16.5. The summed E-state index contributed by atoms with van der Waals surface area (Å²) in [5.74, 6) is -2.33. The van der Waals surface area contributed by atoms with E-state index in [0.29, 0.717) is 6.54 Å². The summed E-state index contributed by atoms with van der Waals surface area (Å²) in [5, 5.41) is 8.33. The number of piperazine rings is 1. The Balaban J connectivity index is 1.83. The number of carbonyl (C=O) groups excluding carboxylic acids is 5. The van der Waals surface area contributed by atoms with E-state index in [4.69, 9.17) is 9.47 Å². The van der Waals surface area contributed by atoms with Crippen LogP contribution in [0.5, 0.6) is 0 Å². The highest BCUT2D eigenvalue weighted by Crippen LogP contribution is 2.30. The van der Waals surface area contributed by atoms with Crippen LogP contribution < -0.4 is 16.0 Å². The number of nitrogens with one attached hydrogen (secondary N) is 3. The van der Waals surface area contributed by atoms with E-state index in [0.717, 1.165) is 25.7 Å². The molecule has 184 valence electrons. The van der Waals surface area contributed by atoms with E-state index in [-0.39, 0.29) is 47.3 Å². The Morgan fingerprint density at radius 2 is 1.65 bits per heavy atom. The van der Waals surface area contributed by atoms with Gasteiger partial charge in [0.25, 0.3) is 0 Å². The fourth-order valence-electron chi connectivity index (χ4n) is 4.53. The third kappa shape index (κ3) is 5.46. The lowest BCUT2D eigenvalue weighted by Crippen LogP contribution is -2.69. The Bertz CT molecular complexity index is 946. The van der Waals surface area contributed by atoms with Crippen LogP contribution >= 0.6 is 0 Å². The minimum atomic E-state index is -0.991. The van der Waals surface area contributed by atoms with E-state index in [1.54, 1.807) is 6.92 Å². The summed E-state index contributed by atoms with van der Waals surface area (Å²) in [5.41, 5.74) is 0.250. The first-order valence-electron chi connectivity index (χ1n) is 11.3. The molecule has 34 heavy (non-hydrogen) atoms. The highest BCUT2D eigenvalue weighted by Gasteiger charge is 2.45. The standard InChI is InChI=1S/C23H30N4O7/c1-4-24-23(32)27-17-8-6-5-7-16(17)26-20(29)18(27)12-19(28)25-15-10-13(21(30)33-2)9-14(11-15)22(31)34-3/h9-11,16-18H,4-8,12H2,1-3H3,(H,24,32)(H,25,28)(H,26,29)/t16-,17-,18+/m0/s1. The van der Waals surface area contributed by atoms with Gasteiger partial charge in [-0.1, -0.05) is 12.8 Å². The second kappa shape index (κ2) is 11.0. The Kier molecular flexibility index (Phi) is 8.08. The molecule has 1 heterocycles. The lowest BCUT2D eigenvalue weighted by molar-refractivity contribution is -0.135. The van der Waals surface area contributed by atoms with Gasteiger partial charge in [-0.05, 0) is 38.0 Å². The van der Waals surface area contributed by atoms with Crippen LogP contribution in [0.2, 0.25) is 0 Å². The number of hydrogen-bond donors (Lipinski definition) is 3. The zero-order valence-corrected chi connectivity index (χ0v) is 19.5. The maximum Gasteiger partial charge on any atom is 0.337 e. The normalized spacial score (nSPS) is 21.6. The smallest absolute Gasteiger partial charge is 0.337 e. The van der Waals surface area contributed by atoms with Crippen molar-refractivity contribution >= 4 is 35.5 Å². The first-order valence-corrected chi connectivity index (χ1v) is 11.3. The van der Waals surface area contributed by atoms with Crippen molar-refractivity contribution in [1.29, 1.82) is 0 Å². The number of ether oxygens (including phenoxy) is 2. The Morgan fingerprint density at radius 1 is 1.03 bits per heavy atom. The average Bonchev–Trinajstić information content (AvgIpc) is 2.83. The van der Waals surface area contributed by atoms with Gasteiger partial charge in [0.05, 0.1) is 37.8 Å². The zero-order chi connectivity index (χ0) is 24.8. The minimum absolute atomic E-state index is 0.0464. The van der Waals surface area contributed by atoms with E-state index >= 15 is 0 Å². The molecule has 2 fully saturated rings. The van der Waals surface area contributed by atoms with Crippen molar-refractivity contribution in [2.45, 2.75) is 57.2 Å². The second-order valence-corrected chi connectivity index (χ2v) is 8.26.